The van der Waals surface area contributed by atoms with Gasteiger partial charge in [-0.25, -0.2) is 4.98 Å². The molecule has 3 aromatic heterocycles. The Balaban J connectivity index is 2.27. The first-order valence-corrected chi connectivity index (χ1v) is 6.81. The number of aryl methyl sites for hydroxylation is 1. The van der Waals surface area contributed by atoms with Gasteiger partial charge in [0.1, 0.15) is 17.2 Å². The Labute approximate surface area is 111 Å². The highest BCUT2D eigenvalue weighted by molar-refractivity contribution is 9.11. The van der Waals surface area contributed by atoms with Crippen molar-refractivity contribution in [2.45, 2.75) is 6.92 Å². The molecule has 0 aliphatic heterocycles. The number of fused-ring (bicyclic) bond motifs is 1. The molecule has 5 heteroatoms. The van der Waals surface area contributed by atoms with Gasteiger partial charge in [-0.05, 0) is 46.6 Å². The third kappa shape index (κ3) is 1.75. The van der Waals surface area contributed by atoms with Gasteiger partial charge in [0.2, 0.25) is 0 Å². The highest BCUT2D eigenvalue weighted by atomic mass is 79.9. The summed E-state index contributed by atoms with van der Waals surface area (Å²) in [5.74, 6) is 0.685. The van der Waals surface area contributed by atoms with Crippen molar-refractivity contribution in [3.05, 3.63) is 39.1 Å². The van der Waals surface area contributed by atoms with E-state index >= 15 is 0 Å². The predicted octanol–water partition coefficient (Wildman–Crippen LogP) is 3.72. The molecule has 0 aliphatic rings. The molecule has 0 aromatic carbocycles. The SMILES string of the molecule is Cc1ccn2c(N)c(-c3csc(Br)c3)nc2c1. The molecule has 86 valence electrons. The molecule has 0 fully saturated rings. The van der Waals surface area contributed by atoms with Crippen molar-refractivity contribution < 1.29 is 0 Å². The molecule has 3 rings (SSSR count). The van der Waals surface area contributed by atoms with Gasteiger partial charge in [0, 0.05) is 17.1 Å². The first-order chi connectivity index (χ1) is 8.15. The molecule has 0 atom stereocenters. The number of nitrogens with two attached hydrogens (primary N) is 1. The van der Waals surface area contributed by atoms with Gasteiger partial charge in [-0.3, -0.25) is 4.40 Å². The lowest BCUT2D eigenvalue weighted by Crippen LogP contribution is -1.93. The molecule has 2 N–H and O–H groups in total. The number of halogens is 1. The number of imidazole rings is 1. The lowest BCUT2D eigenvalue weighted by atomic mass is 10.2. The molecular formula is C12H10BrN3S. The van der Waals surface area contributed by atoms with E-state index in [1.54, 1.807) is 11.3 Å². The van der Waals surface area contributed by atoms with Crippen molar-refractivity contribution in [1.82, 2.24) is 9.38 Å². The summed E-state index contributed by atoms with van der Waals surface area (Å²) in [6.07, 6.45) is 1.96. The summed E-state index contributed by atoms with van der Waals surface area (Å²) < 4.78 is 2.99. The summed E-state index contributed by atoms with van der Waals surface area (Å²) in [7, 11) is 0. The number of rotatable bonds is 1. The Morgan fingerprint density at radius 1 is 1.41 bits per heavy atom. The van der Waals surface area contributed by atoms with Crippen molar-refractivity contribution in [2.24, 2.45) is 0 Å². The Bertz CT molecular complexity index is 699. The number of nitrogen functional groups attached to an aromatic ring is 1. The molecule has 0 bridgehead atoms. The van der Waals surface area contributed by atoms with Crippen LogP contribution >= 0.6 is 27.3 Å². The molecule has 3 aromatic rings. The molecule has 0 amide bonds. The smallest absolute Gasteiger partial charge is 0.139 e. The number of hydrogen-bond donors (Lipinski definition) is 1. The van der Waals surface area contributed by atoms with Crippen LogP contribution in [0.25, 0.3) is 16.9 Å². The van der Waals surface area contributed by atoms with Crippen LogP contribution in [0.4, 0.5) is 5.82 Å². The minimum absolute atomic E-state index is 0.685. The Kier molecular flexibility index (Phi) is 2.45. The fourth-order valence-corrected chi connectivity index (χ4v) is 2.95. The molecule has 0 spiro atoms. The number of thiophene rings is 1. The molecule has 0 unspecified atom stereocenters. The number of nitrogens with zero attached hydrogens (tertiary/aromatic N) is 2. The summed E-state index contributed by atoms with van der Waals surface area (Å²) in [6.45, 7) is 2.05. The van der Waals surface area contributed by atoms with E-state index in [0.29, 0.717) is 5.82 Å². The van der Waals surface area contributed by atoms with E-state index in [1.807, 2.05) is 35.7 Å². The van der Waals surface area contributed by atoms with Gasteiger partial charge in [-0.1, -0.05) is 0 Å². The first kappa shape index (κ1) is 10.8. The number of hydrogen-bond acceptors (Lipinski definition) is 3. The van der Waals surface area contributed by atoms with Crippen LogP contribution in [-0.4, -0.2) is 9.38 Å². The lowest BCUT2D eigenvalue weighted by Gasteiger charge is -1.97. The largest absolute Gasteiger partial charge is 0.383 e. The van der Waals surface area contributed by atoms with Gasteiger partial charge in [0.15, 0.2) is 0 Å². The van der Waals surface area contributed by atoms with E-state index in [4.69, 9.17) is 5.73 Å². The molecular weight excluding hydrogens is 298 g/mol. The molecule has 0 aliphatic carbocycles. The fourth-order valence-electron chi connectivity index (χ4n) is 1.81. The second-order valence-corrected chi connectivity index (χ2v) is 6.21. The second kappa shape index (κ2) is 3.85. The van der Waals surface area contributed by atoms with Crippen LogP contribution < -0.4 is 5.73 Å². The number of pyridine rings is 1. The van der Waals surface area contributed by atoms with E-state index < -0.39 is 0 Å². The van der Waals surface area contributed by atoms with Crippen molar-refractivity contribution in [3.63, 3.8) is 0 Å². The van der Waals surface area contributed by atoms with Crippen molar-refractivity contribution in [2.75, 3.05) is 5.73 Å². The average Bonchev–Trinajstić information content (AvgIpc) is 2.83. The monoisotopic (exact) mass is 307 g/mol. The highest BCUT2D eigenvalue weighted by Gasteiger charge is 2.12. The van der Waals surface area contributed by atoms with Gasteiger partial charge in [0.25, 0.3) is 0 Å². The zero-order valence-corrected chi connectivity index (χ0v) is 11.5. The predicted molar refractivity (Wildman–Crippen MR) is 75.4 cm³/mol. The van der Waals surface area contributed by atoms with E-state index in [1.165, 1.54) is 5.56 Å². The Morgan fingerprint density at radius 3 is 2.94 bits per heavy atom. The maximum absolute atomic E-state index is 6.12. The van der Waals surface area contributed by atoms with Crippen molar-refractivity contribution >= 4 is 38.7 Å². The molecule has 17 heavy (non-hydrogen) atoms. The van der Waals surface area contributed by atoms with Crippen molar-refractivity contribution in [3.8, 4) is 11.3 Å². The van der Waals surface area contributed by atoms with Crippen LogP contribution in [0.1, 0.15) is 5.56 Å². The topological polar surface area (TPSA) is 43.3 Å². The molecule has 3 nitrogen and oxygen atoms in total. The maximum atomic E-state index is 6.12. The summed E-state index contributed by atoms with van der Waals surface area (Å²) in [5.41, 5.74) is 10.1. The van der Waals surface area contributed by atoms with E-state index in [-0.39, 0.29) is 0 Å². The molecule has 3 heterocycles. The second-order valence-electron chi connectivity index (χ2n) is 3.92. The molecule has 0 saturated carbocycles. The van der Waals surface area contributed by atoms with Crippen LogP contribution in [0.3, 0.4) is 0 Å². The van der Waals surface area contributed by atoms with Gasteiger partial charge in [0.05, 0.1) is 3.79 Å². The summed E-state index contributed by atoms with van der Waals surface area (Å²) >= 11 is 5.09. The zero-order valence-electron chi connectivity index (χ0n) is 9.14. The van der Waals surface area contributed by atoms with E-state index in [9.17, 15) is 0 Å². The Morgan fingerprint density at radius 2 is 2.24 bits per heavy atom. The lowest BCUT2D eigenvalue weighted by molar-refractivity contribution is 1.18. The van der Waals surface area contributed by atoms with Crippen LogP contribution in [0, 0.1) is 6.92 Å². The zero-order chi connectivity index (χ0) is 12.0. The van der Waals surface area contributed by atoms with E-state index in [0.717, 1.165) is 20.7 Å². The van der Waals surface area contributed by atoms with Crippen LogP contribution in [0.15, 0.2) is 33.6 Å². The molecule has 0 saturated heterocycles. The summed E-state index contributed by atoms with van der Waals surface area (Å²) in [4.78, 5) is 4.58. The summed E-state index contributed by atoms with van der Waals surface area (Å²) in [6, 6.07) is 6.09. The summed E-state index contributed by atoms with van der Waals surface area (Å²) in [5, 5.41) is 2.05. The van der Waals surface area contributed by atoms with Gasteiger partial charge in [-0.15, -0.1) is 11.3 Å². The third-order valence-electron chi connectivity index (χ3n) is 2.66. The van der Waals surface area contributed by atoms with E-state index in [2.05, 4.69) is 26.3 Å². The normalized spacial score (nSPS) is 11.2. The van der Waals surface area contributed by atoms with Crippen LogP contribution in [0.2, 0.25) is 0 Å². The minimum Gasteiger partial charge on any atom is -0.383 e. The Hall–Kier alpha value is -1.33. The highest BCUT2D eigenvalue weighted by Crippen LogP contribution is 2.32. The maximum Gasteiger partial charge on any atom is 0.139 e. The molecule has 0 radical (unpaired) electrons. The van der Waals surface area contributed by atoms with Gasteiger partial charge < -0.3 is 5.73 Å². The first-order valence-electron chi connectivity index (χ1n) is 5.14. The fraction of sp³-hybridized carbons (Fsp3) is 0.0833. The van der Waals surface area contributed by atoms with Gasteiger partial charge in [-0.2, -0.15) is 0 Å². The van der Waals surface area contributed by atoms with Crippen molar-refractivity contribution in [1.29, 1.82) is 0 Å². The number of anilines is 1. The average molecular weight is 308 g/mol. The quantitative estimate of drug-likeness (QED) is 0.744. The number of aromatic nitrogens is 2. The van der Waals surface area contributed by atoms with Gasteiger partial charge >= 0.3 is 0 Å². The standard InChI is InChI=1S/C12H10BrN3S/c1-7-2-3-16-10(4-7)15-11(12(16)14)8-5-9(13)17-6-8/h2-6H,14H2,1H3. The third-order valence-corrected chi connectivity index (χ3v) is 4.16. The van der Waals surface area contributed by atoms with Crippen LogP contribution in [-0.2, 0) is 0 Å². The minimum atomic E-state index is 0.685. The van der Waals surface area contributed by atoms with Crippen LogP contribution in [0.5, 0.6) is 0 Å².